The highest BCUT2D eigenvalue weighted by atomic mass is 16.5. The van der Waals surface area contributed by atoms with Crippen molar-refractivity contribution in [3.8, 4) is 0 Å². The smallest absolute Gasteiger partial charge is 0.338 e. The molecule has 2 aliphatic rings. The van der Waals surface area contributed by atoms with E-state index in [4.69, 9.17) is 4.74 Å². The molecule has 0 radical (unpaired) electrons. The van der Waals surface area contributed by atoms with Gasteiger partial charge in [-0.1, -0.05) is 42.5 Å². The lowest BCUT2D eigenvalue weighted by Gasteiger charge is -2.34. The molecule has 5 nitrogen and oxygen atoms in total. The van der Waals surface area contributed by atoms with Crippen LogP contribution < -0.4 is 10.6 Å². The van der Waals surface area contributed by atoms with E-state index >= 15 is 0 Å². The molecule has 0 fully saturated rings. The van der Waals surface area contributed by atoms with Gasteiger partial charge in [0, 0.05) is 5.70 Å². The average molecular weight is 326 g/mol. The normalized spacial score (nSPS) is 23.5. The van der Waals surface area contributed by atoms with Crippen molar-refractivity contribution in [1.29, 1.82) is 0 Å². The van der Waals surface area contributed by atoms with E-state index in [0.717, 1.165) is 24.8 Å². The first kappa shape index (κ1) is 16.3. The number of allylic oxidation sites excluding steroid dienone is 3. The van der Waals surface area contributed by atoms with Crippen LogP contribution in [0.4, 0.5) is 4.79 Å². The molecule has 5 heteroatoms. The molecule has 1 aromatic carbocycles. The fourth-order valence-corrected chi connectivity index (χ4v) is 3.27. The van der Waals surface area contributed by atoms with E-state index in [1.165, 1.54) is 0 Å². The molecule has 2 N–H and O–H groups in total. The molecule has 0 spiro atoms. The van der Waals surface area contributed by atoms with Crippen molar-refractivity contribution >= 4 is 12.0 Å². The van der Waals surface area contributed by atoms with Gasteiger partial charge in [0.25, 0.3) is 0 Å². The van der Waals surface area contributed by atoms with Crippen LogP contribution in [0.2, 0.25) is 0 Å². The van der Waals surface area contributed by atoms with E-state index in [0.29, 0.717) is 11.3 Å². The molecule has 1 aliphatic heterocycles. The van der Waals surface area contributed by atoms with Gasteiger partial charge in [0.05, 0.1) is 11.6 Å². The maximum absolute atomic E-state index is 12.7. The minimum absolute atomic E-state index is 0.218. The number of ether oxygens (including phenoxy) is 1. The van der Waals surface area contributed by atoms with Crippen LogP contribution >= 0.6 is 0 Å². The van der Waals surface area contributed by atoms with Gasteiger partial charge in [-0.3, -0.25) is 0 Å². The number of hydrogen-bond donors (Lipinski definition) is 2. The fourth-order valence-electron chi connectivity index (χ4n) is 3.27. The number of rotatable bonds is 4. The molecule has 126 valence electrons. The predicted molar refractivity (Wildman–Crippen MR) is 90.9 cm³/mol. The number of esters is 1. The van der Waals surface area contributed by atoms with Crippen LogP contribution in [0.15, 0.2) is 53.8 Å². The number of amides is 2. The molecule has 3 rings (SSSR count). The Bertz CT molecular complexity index is 679. The predicted octanol–water partition coefficient (Wildman–Crippen LogP) is 3.04. The molecule has 0 bridgehead atoms. The highest BCUT2D eigenvalue weighted by Gasteiger charge is 2.36. The van der Waals surface area contributed by atoms with Gasteiger partial charge in [-0.15, -0.1) is 0 Å². The minimum Gasteiger partial charge on any atom is -0.457 e. The number of nitrogens with one attached hydrogen (secondary N) is 2. The zero-order chi connectivity index (χ0) is 16.9. The second-order valence-electron chi connectivity index (χ2n) is 6.22. The minimum atomic E-state index is -0.372. The Balaban J connectivity index is 1.76. The molecule has 0 aromatic heterocycles. The zero-order valence-corrected chi connectivity index (χ0v) is 13.7. The van der Waals surface area contributed by atoms with E-state index in [1.807, 2.05) is 30.3 Å². The summed E-state index contributed by atoms with van der Waals surface area (Å²) in [5.74, 6) is -0.154. The van der Waals surface area contributed by atoms with Crippen molar-refractivity contribution in [2.75, 3.05) is 0 Å². The van der Waals surface area contributed by atoms with Gasteiger partial charge in [0.1, 0.15) is 6.61 Å². The van der Waals surface area contributed by atoms with Crippen LogP contribution in [0.1, 0.15) is 31.7 Å². The summed E-state index contributed by atoms with van der Waals surface area (Å²) in [5, 5.41) is 5.59. The molecule has 1 aliphatic carbocycles. The van der Waals surface area contributed by atoms with Gasteiger partial charge in [0.15, 0.2) is 0 Å². The molecule has 2 atom stereocenters. The Labute approximate surface area is 141 Å². The monoisotopic (exact) mass is 326 g/mol. The first-order valence-corrected chi connectivity index (χ1v) is 8.29. The topological polar surface area (TPSA) is 67.4 Å². The molecule has 0 saturated carbocycles. The molecule has 0 saturated heterocycles. The van der Waals surface area contributed by atoms with E-state index in [-0.39, 0.29) is 30.6 Å². The lowest BCUT2D eigenvalue weighted by Crippen LogP contribution is -2.53. The largest absolute Gasteiger partial charge is 0.457 e. The fraction of sp³-hybridized carbons (Fsp3) is 0.368. The highest BCUT2D eigenvalue weighted by molar-refractivity contribution is 5.94. The maximum atomic E-state index is 12.7. The first-order valence-electron chi connectivity index (χ1n) is 8.29. The first-order chi connectivity index (χ1) is 11.6. The zero-order valence-electron chi connectivity index (χ0n) is 13.7. The molecule has 24 heavy (non-hydrogen) atoms. The molecule has 2 unspecified atom stereocenters. The van der Waals surface area contributed by atoms with E-state index in [2.05, 4.69) is 22.8 Å². The van der Waals surface area contributed by atoms with Gasteiger partial charge in [0.2, 0.25) is 0 Å². The summed E-state index contributed by atoms with van der Waals surface area (Å²) in [5.41, 5.74) is 2.05. The number of carbonyl (C=O) groups is 2. The second kappa shape index (κ2) is 7.34. The maximum Gasteiger partial charge on any atom is 0.338 e. The van der Waals surface area contributed by atoms with Crippen molar-refractivity contribution in [2.45, 2.75) is 38.8 Å². The lowest BCUT2D eigenvalue weighted by atomic mass is 9.82. The van der Waals surface area contributed by atoms with Crippen molar-refractivity contribution in [3.63, 3.8) is 0 Å². The summed E-state index contributed by atoms with van der Waals surface area (Å²) < 4.78 is 5.49. The Hall–Kier alpha value is -2.56. The summed E-state index contributed by atoms with van der Waals surface area (Å²) in [6.07, 6.45) is 7.03. The van der Waals surface area contributed by atoms with Crippen LogP contribution in [-0.2, 0) is 16.1 Å². The Morgan fingerprint density at radius 3 is 2.75 bits per heavy atom. The van der Waals surface area contributed by atoms with E-state index in [9.17, 15) is 9.59 Å². The van der Waals surface area contributed by atoms with Gasteiger partial charge < -0.3 is 15.4 Å². The number of hydrogen-bond acceptors (Lipinski definition) is 3. The average Bonchev–Trinajstić information content (AvgIpc) is 2.60. The van der Waals surface area contributed by atoms with Gasteiger partial charge in [-0.2, -0.15) is 0 Å². The van der Waals surface area contributed by atoms with Crippen LogP contribution in [-0.4, -0.2) is 18.0 Å². The van der Waals surface area contributed by atoms with E-state index in [1.54, 1.807) is 6.92 Å². The quantitative estimate of drug-likeness (QED) is 0.660. The SMILES string of the molecule is CC1=C(C(=O)OCc2ccccc2)C(C2CC=CCC2)NC(=O)N1. The molecule has 1 heterocycles. The van der Waals surface area contributed by atoms with Crippen molar-refractivity contribution in [3.05, 3.63) is 59.3 Å². The van der Waals surface area contributed by atoms with Crippen LogP contribution in [0.3, 0.4) is 0 Å². The standard InChI is InChI=1S/C19H22N2O3/c1-13-16(18(22)24-12-14-8-4-2-5-9-14)17(21-19(23)20-13)15-10-6-3-7-11-15/h2-6,8-9,15,17H,7,10-12H2,1H3,(H2,20,21,23). The molecular weight excluding hydrogens is 304 g/mol. The van der Waals surface area contributed by atoms with Crippen LogP contribution in [0.5, 0.6) is 0 Å². The number of benzene rings is 1. The third kappa shape index (κ3) is 3.67. The summed E-state index contributed by atoms with van der Waals surface area (Å²) >= 11 is 0. The van der Waals surface area contributed by atoms with Crippen molar-refractivity contribution < 1.29 is 14.3 Å². The van der Waals surface area contributed by atoms with Gasteiger partial charge >= 0.3 is 12.0 Å². The Morgan fingerprint density at radius 1 is 1.25 bits per heavy atom. The summed E-state index contributed by atoms with van der Waals surface area (Å²) in [7, 11) is 0. The number of carbonyl (C=O) groups excluding carboxylic acids is 2. The van der Waals surface area contributed by atoms with Gasteiger partial charge in [-0.25, -0.2) is 9.59 Å². The van der Waals surface area contributed by atoms with Crippen LogP contribution in [0, 0.1) is 5.92 Å². The second-order valence-corrected chi connectivity index (χ2v) is 6.22. The van der Waals surface area contributed by atoms with Crippen LogP contribution in [0.25, 0.3) is 0 Å². The van der Waals surface area contributed by atoms with Gasteiger partial charge in [-0.05, 0) is 37.7 Å². The summed E-state index contributed by atoms with van der Waals surface area (Å²) in [6.45, 7) is 1.98. The third-order valence-electron chi connectivity index (χ3n) is 4.52. The molecule has 1 aromatic rings. The highest BCUT2D eigenvalue weighted by Crippen LogP contribution is 2.29. The molecule has 2 amide bonds. The van der Waals surface area contributed by atoms with Crippen molar-refractivity contribution in [1.82, 2.24) is 10.6 Å². The van der Waals surface area contributed by atoms with E-state index < -0.39 is 0 Å². The Kier molecular flexibility index (Phi) is 4.99. The summed E-state index contributed by atoms with van der Waals surface area (Å²) in [6, 6.07) is 9.02. The number of urea groups is 1. The lowest BCUT2D eigenvalue weighted by molar-refractivity contribution is -0.141. The third-order valence-corrected chi connectivity index (χ3v) is 4.52. The van der Waals surface area contributed by atoms with Crippen molar-refractivity contribution in [2.24, 2.45) is 5.92 Å². The summed E-state index contributed by atoms with van der Waals surface area (Å²) in [4.78, 5) is 24.5. The molecular formula is C19H22N2O3. The Morgan fingerprint density at radius 2 is 2.04 bits per heavy atom.